The number of hydrogen-bond acceptors (Lipinski definition) is 21. The maximum atomic E-state index is 12.4. The molecule has 718 valence electrons. The summed E-state index contributed by atoms with van der Waals surface area (Å²) in [5.74, 6) is 5.22. The zero-order chi connectivity index (χ0) is 96.1. The van der Waals surface area contributed by atoms with Gasteiger partial charge in [-0.3, -0.25) is 38.4 Å². The number of ether oxygens (including phenoxy) is 3. The number of carbonyl (C=O) groups is 8. The Balaban J connectivity index is 0.000000171. The molecule has 0 spiro atoms. The first-order valence-corrected chi connectivity index (χ1v) is 49.0. The van der Waals surface area contributed by atoms with Crippen molar-refractivity contribution in [1.29, 1.82) is 0 Å². The third-order valence-corrected chi connectivity index (χ3v) is 28.8. The summed E-state index contributed by atoms with van der Waals surface area (Å²) in [4.78, 5) is 97.9. The van der Waals surface area contributed by atoms with E-state index < -0.39 is 44.3 Å². The van der Waals surface area contributed by atoms with Gasteiger partial charge in [-0.2, -0.15) is 0 Å². The Morgan fingerprint density at radius 1 is 0.271 bits per heavy atom. The van der Waals surface area contributed by atoms with E-state index >= 15 is 0 Å². The highest BCUT2D eigenvalue weighted by molar-refractivity contribution is 6.30. The number of phenolic OH excluding ortho intramolecular Hbond substituents is 2. The zero-order valence-electron chi connectivity index (χ0n) is 81.1. The van der Waals surface area contributed by atoms with Crippen molar-refractivity contribution in [3.8, 4) is 28.7 Å². The SMILES string of the molecule is CCN[C@@]1(c2cccc(O)c2)CCCCC1=O.CCN[C@@]1(c2cccc(OC)c2)CCCCC1=O.CCN[C@@]1(c2ccccc2)CCCCC1=O.CN[C@@]1(c2ccc(OC)cc2)CCCCC1=O.CN[C@@]1(c2cccc(Cl)c2)CCCCC1=O.CN[C@@]1(c2cccc(O)c2)CCCCC1=O.CN[C@@]1(c2cccc(OC)c2)CCCCC1=O.CN[C@@]1(c2ccccc2C)CCCCC1=O. The number of hydrogen-bond donors (Lipinski definition) is 10. The molecule has 8 fully saturated rings. The van der Waals surface area contributed by atoms with Crippen molar-refractivity contribution >= 4 is 57.9 Å². The minimum atomic E-state index is -0.586. The van der Waals surface area contributed by atoms with Crippen LogP contribution in [0.5, 0.6) is 28.7 Å². The average molecular weight is 1840 g/mol. The molecule has 8 atom stereocenters. The van der Waals surface area contributed by atoms with E-state index in [4.69, 9.17) is 25.8 Å². The number of Topliss-reactive ketones (excluding diaryl/α,β-unsaturated/α-hetero) is 8. The highest BCUT2D eigenvalue weighted by Crippen LogP contribution is 2.44. The number of nitrogens with one attached hydrogen (secondary N) is 8. The van der Waals surface area contributed by atoms with Crippen molar-refractivity contribution in [2.75, 3.05) is 76.2 Å². The van der Waals surface area contributed by atoms with Crippen LogP contribution in [0.1, 0.15) is 276 Å². The van der Waals surface area contributed by atoms with Crippen LogP contribution < -0.4 is 56.7 Å². The van der Waals surface area contributed by atoms with Crippen LogP contribution in [-0.4, -0.2) is 133 Å². The molecule has 8 saturated carbocycles. The fourth-order valence-electron chi connectivity index (χ4n) is 21.2. The minimum Gasteiger partial charge on any atom is -0.508 e. The van der Waals surface area contributed by atoms with Crippen molar-refractivity contribution in [3.63, 3.8) is 0 Å². The molecule has 0 aliphatic heterocycles. The van der Waals surface area contributed by atoms with Gasteiger partial charge < -0.3 is 67.0 Å². The number of likely N-dealkylation sites (N-methyl/N-ethyl adjacent to an activating group) is 8. The van der Waals surface area contributed by atoms with E-state index in [1.54, 1.807) is 57.7 Å². The van der Waals surface area contributed by atoms with Crippen LogP contribution >= 0.6 is 11.6 Å². The van der Waals surface area contributed by atoms with Gasteiger partial charge in [0.05, 0.1) is 21.3 Å². The number of benzene rings is 8. The van der Waals surface area contributed by atoms with Gasteiger partial charge in [-0.1, -0.05) is 211 Å². The van der Waals surface area contributed by atoms with Gasteiger partial charge in [-0.25, -0.2) is 0 Å². The van der Waals surface area contributed by atoms with Crippen LogP contribution in [0, 0.1) is 6.92 Å². The topological polar surface area (TPSA) is 301 Å². The van der Waals surface area contributed by atoms with Crippen LogP contribution in [0.25, 0.3) is 0 Å². The predicted molar refractivity (Wildman–Crippen MR) is 532 cm³/mol. The summed E-state index contributed by atoms with van der Waals surface area (Å²) in [6.45, 7) is 10.6. The number of halogens is 1. The van der Waals surface area contributed by atoms with E-state index in [2.05, 4.69) is 80.6 Å². The Hall–Kier alpha value is -9.91. The number of aromatic hydroxyl groups is 2. The average Bonchev–Trinajstić information content (AvgIpc) is 0.775. The lowest BCUT2D eigenvalue weighted by molar-refractivity contribution is -0.128. The summed E-state index contributed by atoms with van der Waals surface area (Å²) < 4.78 is 15.6. The Morgan fingerprint density at radius 2 is 0.526 bits per heavy atom. The Labute approximate surface area is 796 Å². The van der Waals surface area contributed by atoms with Crippen LogP contribution in [0.4, 0.5) is 0 Å². The Morgan fingerprint density at radius 3 is 0.835 bits per heavy atom. The van der Waals surface area contributed by atoms with Crippen molar-refractivity contribution in [1.82, 2.24) is 42.5 Å². The van der Waals surface area contributed by atoms with Crippen molar-refractivity contribution in [2.24, 2.45) is 0 Å². The Kier molecular flexibility index (Phi) is 41.5. The van der Waals surface area contributed by atoms with Gasteiger partial charge in [0.25, 0.3) is 0 Å². The lowest BCUT2D eigenvalue weighted by atomic mass is 9.74. The molecule has 0 aromatic heterocycles. The number of aryl methyl sites for hydroxylation is 1. The van der Waals surface area contributed by atoms with Crippen molar-refractivity contribution in [3.05, 3.63) is 255 Å². The van der Waals surface area contributed by atoms with Crippen LogP contribution in [0.2, 0.25) is 5.02 Å². The molecule has 10 N–H and O–H groups in total. The van der Waals surface area contributed by atoms with E-state index in [-0.39, 0.29) is 28.8 Å². The fraction of sp³-hybridized carbons (Fsp3) is 0.495. The molecular weight excluding hydrogens is 1690 g/mol. The molecule has 0 heterocycles. The molecule has 8 aromatic rings. The molecule has 0 unspecified atom stereocenters. The van der Waals surface area contributed by atoms with Gasteiger partial charge in [0.1, 0.15) is 73.1 Å². The van der Waals surface area contributed by atoms with E-state index in [1.807, 2.05) is 189 Å². The van der Waals surface area contributed by atoms with E-state index in [9.17, 15) is 48.6 Å². The molecular formula is C111H149ClN8O13. The van der Waals surface area contributed by atoms with Crippen molar-refractivity contribution in [2.45, 2.75) is 277 Å². The van der Waals surface area contributed by atoms with E-state index in [0.29, 0.717) is 85.3 Å². The molecule has 0 saturated heterocycles. The smallest absolute Gasteiger partial charge is 0.157 e. The van der Waals surface area contributed by atoms with Gasteiger partial charge in [0.15, 0.2) is 46.3 Å². The summed E-state index contributed by atoms with van der Waals surface area (Å²) in [5, 5.41) is 46.0. The van der Waals surface area contributed by atoms with Gasteiger partial charge in [0, 0.05) is 56.4 Å². The third kappa shape index (κ3) is 25.6. The lowest BCUT2D eigenvalue weighted by Crippen LogP contribution is -2.50. The highest BCUT2D eigenvalue weighted by atomic mass is 35.5. The first-order chi connectivity index (χ1) is 64.2. The van der Waals surface area contributed by atoms with Crippen LogP contribution in [0.15, 0.2) is 200 Å². The van der Waals surface area contributed by atoms with Crippen molar-refractivity contribution < 1.29 is 62.8 Å². The van der Waals surface area contributed by atoms with Gasteiger partial charge in [0.2, 0.25) is 0 Å². The molecule has 133 heavy (non-hydrogen) atoms. The number of phenols is 2. The normalized spacial score (nSPS) is 25.1. The lowest BCUT2D eigenvalue weighted by Gasteiger charge is -2.37. The van der Waals surface area contributed by atoms with Gasteiger partial charge in [-0.05, 0) is 287 Å². The fourth-order valence-corrected chi connectivity index (χ4v) is 21.4. The van der Waals surface area contributed by atoms with Gasteiger partial charge in [-0.15, -0.1) is 0 Å². The largest absolute Gasteiger partial charge is 0.508 e. The maximum absolute atomic E-state index is 12.4. The molecule has 0 radical (unpaired) electrons. The first kappa shape index (κ1) is 107. The molecule has 21 nitrogen and oxygen atoms in total. The predicted octanol–water partition coefficient (Wildman–Crippen LogP) is 19.5. The molecule has 8 aromatic carbocycles. The number of rotatable bonds is 22. The summed E-state index contributed by atoms with van der Waals surface area (Å²) in [6.07, 6.45) is 29.1. The molecule has 16 rings (SSSR count). The minimum absolute atomic E-state index is 0.213. The first-order valence-electron chi connectivity index (χ1n) is 48.6. The summed E-state index contributed by atoms with van der Waals surface area (Å²) >= 11 is 5.99. The number of methoxy groups -OCH3 is 3. The maximum Gasteiger partial charge on any atom is 0.157 e. The number of carbonyl (C=O) groups excluding carboxylic acids is 8. The van der Waals surface area contributed by atoms with Crippen LogP contribution in [0.3, 0.4) is 0 Å². The molecule has 0 bridgehead atoms. The van der Waals surface area contributed by atoms with Crippen LogP contribution in [-0.2, 0) is 82.7 Å². The quantitative estimate of drug-likeness (QED) is 0.0301. The second-order valence-corrected chi connectivity index (χ2v) is 36.5. The summed E-state index contributed by atoms with van der Waals surface area (Å²) in [7, 11) is 14.2. The van der Waals surface area contributed by atoms with E-state index in [0.717, 1.165) is 235 Å². The summed E-state index contributed by atoms with van der Waals surface area (Å²) in [6, 6.07) is 63.5. The molecule has 0 amide bonds. The molecule has 22 heteroatoms. The molecule has 8 aliphatic carbocycles. The molecule has 8 aliphatic rings. The second kappa shape index (κ2) is 51.7. The summed E-state index contributed by atoms with van der Waals surface area (Å²) in [5.41, 5.74) is 5.34. The monoisotopic (exact) mass is 1840 g/mol. The number of ketones is 8. The second-order valence-electron chi connectivity index (χ2n) is 36.1. The zero-order valence-corrected chi connectivity index (χ0v) is 81.8. The standard InChI is InChI=1S/C15H21NO2.3C14H19NO2.2C14H19NO.C13H16ClNO.C13H17NO2/c1-3-16-15(10-5-4-9-14(15)17)12-7-6-8-13(11-12)18-2;1-15-14(9-4-3-8-13(14)16)11-6-5-7-12(10-11)17-2;1-15-14(10-4-3-5-13(14)16)11-6-8-12(17-2)9-7-11;1-2-15-14(9-4-3-8-13(14)17)11-6-5-7-12(16)10-11;1-11-7-3-4-8-12(11)14(15-2)10-6-5-9-13(14)16;1-2-15-14(11-7-6-10-13(14)16)12-8-4-3-5-9-12;1-15-13(8-3-2-7-12(13)16)10-5-4-6-11(14)9-10;1-14-13(8-3-2-7-12(13)16)10-5-4-6-11(15)9-10/h6-8,11,16H,3-5,9-10H2,1-2H3;5-7,10,15H,3-4,8-9H2,1-2H3;6-9,15H,3-5,10H2,1-2H3;5-7,10,15-16H,2-4,8-9H2,1H3;3-4,7-8,15H,5-6,9-10H2,1-2H3;3-5,8-9,15H,2,6-7,10-11H2,1H3;4-6,9,15H,2-3,7-8H2,1H3;4-6,9,14-15H,2-3,7-8H2,1H3/t15-;5*14-;2*13-/m11111111/s1. The van der Waals surface area contributed by atoms with Gasteiger partial charge >= 0.3 is 0 Å². The third-order valence-electron chi connectivity index (χ3n) is 28.6. The Bertz CT molecular complexity index is 5020. The van der Waals surface area contributed by atoms with E-state index in [1.165, 1.54) is 5.56 Å². The highest BCUT2D eigenvalue weighted by Gasteiger charge is 2.48.